The Kier molecular flexibility index (Phi) is 8.17. The van der Waals surface area contributed by atoms with E-state index in [1.54, 1.807) is 24.3 Å². The molecule has 0 fully saturated rings. The van der Waals surface area contributed by atoms with Gasteiger partial charge < -0.3 is 14.5 Å². The number of rotatable bonds is 8. The monoisotopic (exact) mass is 327 g/mol. The largest absolute Gasteiger partial charge is 0.460 e. The Balaban J connectivity index is 0.00000242. The minimum atomic E-state index is -0.266. The van der Waals surface area contributed by atoms with E-state index in [4.69, 9.17) is 9.15 Å². The summed E-state index contributed by atoms with van der Waals surface area (Å²) in [7, 11) is 0. The number of nitrogens with one attached hydrogen (secondary N) is 1. The van der Waals surface area contributed by atoms with Crippen LogP contribution in [0.15, 0.2) is 40.8 Å². The molecule has 0 amide bonds. The lowest BCUT2D eigenvalue weighted by Crippen LogP contribution is -2.17. The van der Waals surface area contributed by atoms with Gasteiger partial charge in [-0.25, -0.2) is 4.39 Å². The maximum absolute atomic E-state index is 13.7. The van der Waals surface area contributed by atoms with E-state index in [1.165, 1.54) is 6.07 Å². The molecule has 0 aliphatic carbocycles. The minimum absolute atomic E-state index is 0. The highest BCUT2D eigenvalue weighted by Crippen LogP contribution is 2.24. The Morgan fingerprint density at radius 3 is 2.68 bits per heavy atom. The second-order valence-electron chi connectivity index (χ2n) is 5.20. The van der Waals surface area contributed by atoms with Crippen molar-refractivity contribution >= 4 is 12.4 Å². The van der Waals surface area contributed by atoms with E-state index in [0.29, 0.717) is 17.9 Å². The molecule has 3 nitrogen and oxygen atoms in total. The Morgan fingerprint density at radius 2 is 1.95 bits per heavy atom. The van der Waals surface area contributed by atoms with E-state index in [1.807, 2.05) is 19.9 Å². The van der Waals surface area contributed by atoms with Crippen molar-refractivity contribution < 1.29 is 13.5 Å². The molecular weight excluding hydrogens is 305 g/mol. The van der Waals surface area contributed by atoms with Gasteiger partial charge in [0.1, 0.15) is 17.3 Å². The summed E-state index contributed by atoms with van der Waals surface area (Å²) in [6, 6.07) is 10.3. The van der Waals surface area contributed by atoms with Gasteiger partial charge in [-0.05, 0) is 51.1 Å². The van der Waals surface area contributed by atoms with Gasteiger partial charge in [0.15, 0.2) is 0 Å². The lowest BCUT2D eigenvalue weighted by molar-refractivity contribution is 0.0770. The Hall–Kier alpha value is -1.36. The van der Waals surface area contributed by atoms with Gasteiger partial charge in [-0.2, -0.15) is 0 Å². The number of hydrogen-bond acceptors (Lipinski definition) is 3. The fraction of sp³-hybridized carbons (Fsp3) is 0.412. The third-order valence-corrected chi connectivity index (χ3v) is 3.05. The third-order valence-electron chi connectivity index (χ3n) is 3.05. The van der Waals surface area contributed by atoms with Crippen molar-refractivity contribution in [1.82, 2.24) is 5.32 Å². The van der Waals surface area contributed by atoms with Crippen molar-refractivity contribution in [2.75, 3.05) is 13.2 Å². The lowest BCUT2D eigenvalue weighted by atomic mass is 10.1. The van der Waals surface area contributed by atoms with Crippen LogP contribution in [0.4, 0.5) is 4.39 Å². The number of hydrogen-bond donors (Lipinski definition) is 1. The molecule has 0 spiro atoms. The van der Waals surface area contributed by atoms with Crippen LogP contribution in [0.2, 0.25) is 0 Å². The van der Waals surface area contributed by atoms with Crippen molar-refractivity contribution in [2.24, 2.45) is 0 Å². The maximum Gasteiger partial charge on any atom is 0.137 e. The van der Waals surface area contributed by atoms with Gasteiger partial charge in [-0.15, -0.1) is 12.4 Å². The highest BCUT2D eigenvalue weighted by Gasteiger charge is 2.08. The molecule has 2 rings (SSSR count). The van der Waals surface area contributed by atoms with Gasteiger partial charge in [0.25, 0.3) is 0 Å². The molecule has 0 bridgehead atoms. The molecule has 22 heavy (non-hydrogen) atoms. The first-order valence-electron chi connectivity index (χ1n) is 7.33. The van der Waals surface area contributed by atoms with E-state index in [0.717, 1.165) is 25.3 Å². The van der Waals surface area contributed by atoms with Crippen LogP contribution in [0.3, 0.4) is 0 Å². The zero-order chi connectivity index (χ0) is 15.1. The van der Waals surface area contributed by atoms with Crippen molar-refractivity contribution in [3.05, 3.63) is 48.0 Å². The molecule has 0 unspecified atom stereocenters. The van der Waals surface area contributed by atoms with Crippen LogP contribution in [-0.4, -0.2) is 19.3 Å². The standard InChI is InChI=1S/C17H22FNO2.ClH/c1-13(2)20-11-5-10-19-12-14-8-9-17(21-14)15-6-3-4-7-16(15)18;/h3-4,6-9,13,19H,5,10-12H2,1-2H3;1H. The first-order valence-corrected chi connectivity index (χ1v) is 7.33. The molecule has 122 valence electrons. The van der Waals surface area contributed by atoms with Gasteiger partial charge in [-0.3, -0.25) is 0 Å². The molecule has 0 saturated heterocycles. The third kappa shape index (κ3) is 5.79. The summed E-state index contributed by atoms with van der Waals surface area (Å²) in [5, 5.41) is 3.29. The van der Waals surface area contributed by atoms with Gasteiger partial charge in [0.2, 0.25) is 0 Å². The van der Waals surface area contributed by atoms with Crippen LogP contribution in [0.5, 0.6) is 0 Å². The Morgan fingerprint density at radius 1 is 1.18 bits per heavy atom. The minimum Gasteiger partial charge on any atom is -0.460 e. The van der Waals surface area contributed by atoms with E-state index >= 15 is 0 Å². The summed E-state index contributed by atoms with van der Waals surface area (Å²) in [6.45, 7) is 6.31. The summed E-state index contributed by atoms with van der Waals surface area (Å²) in [5.41, 5.74) is 0.495. The molecule has 2 aromatic rings. The highest BCUT2D eigenvalue weighted by atomic mass is 35.5. The maximum atomic E-state index is 13.7. The topological polar surface area (TPSA) is 34.4 Å². The first kappa shape index (κ1) is 18.7. The predicted molar refractivity (Wildman–Crippen MR) is 88.8 cm³/mol. The average Bonchev–Trinajstić information content (AvgIpc) is 2.91. The van der Waals surface area contributed by atoms with E-state index in [-0.39, 0.29) is 24.3 Å². The number of ether oxygens (including phenoxy) is 1. The fourth-order valence-corrected chi connectivity index (χ4v) is 2.01. The molecule has 0 radical (unpaired) electrons. The zero-order valence-corrected chi connectivity index (χ0v) is 13.8. The molecule has 1 aromatic carbocycles. The van der Waals surface area contributed by atoms with Gasteiger partial charge in [-0.1, -0.05) is 12.1 Å². The van der Waals surface area contributed by atoms with Crippen molar-refractivity contribution in [1.29, 1.82) is 0 Å². The van der Waals surface area contributed by atoms with Gasteiger partial charge in [0, 0.05) is 6.61 Å². The van der Waals surface area contributed by atoms with Crippen LogP contribution in [0.1, 0.15) is 26.0 Å². The summed E-state index contributed by atoms with van der Waals surface area (Å²) < 4.78 is 24.8. The van der Waals surface area contributed by atoms with Crippen molar-refractivity contribution in [2.45, 2.75) is 32.9 Å². The summed E-state index contributed by atoms with van der Waals surface area (Å²) in [4.78, 5) is 0. The fourth-order valence-electron chi connectivity index (χ4n) is 2.01. The average molecular weight is 328 g/mol. The number of halogens is 2. The second-order valence-corrected chi connectivity index (χ2v) is 5.20. The van der Waals surface area contributed by atoms with E-state index < -0.39 is 0 Å². The van der Waals surface area contributed by atoms with Crippen LogP contribution < -0.4 is 5.32 Å². The SMILES string of the molecule is CC(C)OCCCNCc1ccc(-c2ccccc2F)o1.Cl. The second kappa shape index (κ2) is 9.62. The zero-order valence-electron chi connectivity index (χ0n) is 13.0. The highest BCUT2D eigenvalue weighted by molar-refractivity contribution is 5.85. The normalized spacial score (nSPS) is 10.7. The van der Waals surface area contributed by atoms with Crippen LogP contribution in [-0.2, 0) is 11.3 Å². The number of furan rings is 1. The van der Waals surface area contributed by atoms with Crippen molar-refractivity contribution in [3.8, 4) is 11.3 Å². The van der Waals surface area contributed by atoms with Crippen LogP contribution in [0, 0.1) is 5.82 Å². The summed E-state index contributed by atoms with van der Waals surface area (Å²) >= 11 is 0. The Labute approximate surface area is 137 Å². The van der Waals surface area contributed by atoms with Gasteiger partial charge in [0.05, 0.1) is 18.2 Å². The lowest BCUT2D eigenvalue weighted by Gasteiger charge is -2.07. The smallest absolute Gasteiger partial charge is 0.137 e. The first-order chi connectivity index (χ1) is 10.2. The predicted octanol–water partition coefficient (Wildman–Crippen LogP) is 4.41. The van der Waals surface area contributed by atoms with E-state index in [9.17, 15) is 4.39 Å². The Bertz CT molecular complexity index is 557. The molecule has 1 aromatic heterocycles. The quantitative estimate of drug-likeness (QED) is 0.729. The molecule has 1 N–H and O–H groups in total. The van der Waals surface area contributed by atoms with Crippen molar-refractivity contribution in [3.63, 3.8) is 0 Å². The molecule has 0 aliphatic heterocycles. The molecule has 5 heteroatoms. The van der Waals surface area contributed by atoms with Crippen LogP contribution >= 0.6 is 12.4 Å². The molecule has 1 heterocycles. The molecule has 0 aliphatic rings. The van der Waals surface area contributed by atoms with Gasteiger partial charge >= 0.3 is 0 Å². The van der Waals surface area contributed by atoms with E-state index in [2.05, 4.69) is 5.32 Å². The number of benzene rings is 1. The summed E-state index contributed by atoms with van der Waals surface area (Å²) in [5.74, 6) is 1.10. The molecule has 0 atom stereocenters. The molecular formula is C17H23ClFNO2. The summed E-state index contributed by atoms with van der Waals surface area (Å²) in [6.07, 6.45) is 1.23. The van der Waals surface area contributed by atoms with Crippen LogP contribution in [0.25, 0.3) is 11.3 Å². The molecule has 0 saturated carbocycles.